The number of nitrogens with one attached hydrogen (secondary N) is 2. The van der Waals surface area contributed by atoms with E-state index in [0.717, 1.165) is 17.8 Å². The molecular weight excluding hydrogens is 286 g/mol. The maximum Gasteiger partial charge on any atom is 0.163 e. The van der Waals surface area contributed by atoms with Crippen LogP contribution in [0.3, 0.4) is 0 Å². The first kappa shape index (κ1) is 15.2. The Morgan fingerprint density at radius 1 is 1.48 bits per heavy atom. The van der Waals surface area contributed by atoms with Crippen molar-refractivity contribution in [2.45, 2.75) is 13.8 Å². The van der Waals surface area contributed by atoms with Gasteiger partial charge in [0.2, 0.25) is 0 Å². The molecule has 110 valence electrons. The summed E-state index contributed by atoms with van der Waals surface area (Å²) in [6.45, 7) is 4.90. The molecule has 0 atom stereocenters. The van der Waals surface area contributed by atoms with Crippen molar-refractivity contribution in [2.75, 3.05) is 18.5 Å². The smallest absolute Gasteiger partial charge is 0.163 e. The average molecular weight is 303 g/mol. The van der Waals surface area contributed by atoms with Crippen LogP contribution in [0.25, 0.3) is 0 Å². The van der Waals surface area contributed by atoms with Gasteiger partial charge in [-0.15, -0.1) is 0 Å². The molecule has 0 bridgehead atoms. The molecule has 0 spiro atoms. The van der Waals surface area contributed by atoms with E-state index in [1.165, 1.54) is 0 Å². The summed E-state index contributed by atoms with van der Waals surface area (Å²) in [6.07, 6.45) is 3.63. The van der Waals surface area contributed by atoms with Gasteiger partial charge in [-0.1, -0.05) is 24.4 Å². The van der Waals surface area contributed by atoms with E-state index in [1.807, 2.05) is 25.1 Å². The Hall–Kier alpha value is -2.21. The van der Waals surface area contributed by atoms with Crippen molar-refractivity contribution in [2.24, 2.45) is 5.10 Å². The third-order valence-corrected chi connectivity index (χ3v) is 3.33. The molecule has 5 nitrogen and oxygen atoms in total. The lowest BCUT2D eigenvalue weighted by atomic mass is 10.1. The summed E-state index contributed by atoms with van der Waals surface area (Å²) in [4.78, 5) is 11.9. The zero-order chi connectivity index (χ0) is 15.2. The Kier molecular flexibility index (Phi) is 5.05. The quantitative estimate of drug-likeness (QED) is 0.474. The first-order valence-electron chi connectivity index (χ1n) is 6.64. The number of ketones is 1. The maximum atomic E-state index is 11.2. The first-order chi connectivity index (χ1) is 10.1. The van der Waals surface area contributed by atoms with Gasteiger partial charge in [0.25, 0.3) is 0 Å². The number of nitrogens with zero attached hydrogens (tertiary/aromatic N) is 1. The molecule has 21 heavy (non-hydrogen) atoms. The normalized spacial score (nSPS) is 17.0. The van der Waals surface area contributed by atoms with Crippen molar-refractivity contribution in [3.63, 3.8) is 0 Å². The molecule has 0 radical (unpaired) electrons. The highest BCUT2D eigenvalue weighted by atomic mass is 32.1. The number of para-hydroxylation sites is 1. The molecule has 1 aromatic rings. The molecule has 0 unspecified atom stereocenters. The number of hydrogen-bond donors (Lipinski definition) is 2. The minimum Gasteiger partial charge on any atom is -0.489 e. The molecular formula is C15H17N3O2S. The van der Waals surface area contributed by atoms with Crippen molar-refractivity contribution in [1.82, 2.24) is 5.43 Å². The van der Waals surface area contributed by atoms with Crippen molar-refractivity contribution < 1.29 is 9.53 Å². The van der Waals surface area contributed by atoms with E-state index in [1.54, 1.807) is 19.2 Å². The van der Waals surface area contributed by atoms with Crippen molar-refractivity contribution >= 4 is 34.9 Å². The topological polar surface area (TPSA) is 62.7 Å². The fraction of sp³-hybridized carbons (Fsp3) is 0.267. The van der Waals surface area contributed by atoms with Crippen LogP contribution in [0.5, 0.6) is 5.75 Å². The Labute approximate surface area is 129 Å². The highest BCUT2D eigenvalue weighted by Crippen LogP contribution is 2.31. The zero-order valence-corrected chi connectivity index (χ0v) is 12.8. The molecule has 0 saturated heterocycles. The Morgan fingerprint density at radius 2 is 2.29 bits per heavy atom. The SMILES string of the molecule is C/C=C1\C=NNC1=S.CC(=O)c1cccc2c1OCCN2. The molecule has 2 N–H and O–H groups in total. The highest BCUT2D eigenvalue weighted by molar-refractivity contribution is 7.80. The lowest BCUT2D eigenvalue weighted by Crippen LogP contribution is -2.19. The first-order valence-corrected chi connectivity index (χ1v) is 7.04. The number of thiocarbonyl (C=S) groups is 1. The van der Waals surface area contributed by atoms with Crippen LogP contribution in [0.4, 0.5) is 5.69 Å². The summed E-state index contributed by atoms with van der Waals surface area (Å²) in [7, 11) is 0. The van der Waals surface area contributed by atoms with E-state index in [-0.39, 0.29) is 5.78 Å². The van der Waals surface area contributed by atoms with Gasteiger partial charge in [-0.25, -0.2) is 0 Å². The van der Waals surface area contributed by atoms with E-state index >= 15 is 0 Å². The summed E-state index contributed by atoms with van der Waals surface area (Å²) in [5.41, 5.74) is 5.23. The molecule has 2 aliphatic heterocycles. The number of fused-ring (bicyclic) bond motifs is 1. The molecule has 0 fully saturated rings. The van der Waals surface area contributed by atoms with Crippen LogP contribution in [-0.4, -0.2) is 30.1 Å². The molecule has 0 aliphatic carbocycles. The van der Waals surface area contributed by atoms with E-state index < -0.39 is 0 Å². The number of hydrogen-bond acceptors (Lipinski definition) is 5. The van der Waals surface area contributed by atoms with Gasteiger partial charge in [0.1, 0.15) is 11.6 Å². The Balaban J connectivity index is 0.000000173. The van der Waals surface area contributed by atoms with Crippen LogP contribution in [0, 0.1) is 0 Å². The molecule has 3 rings (SSSR count). The van der Waals surface area contributed by atoms with Crippen LogP contribution in [0.1, 0.15) is 24.2 Å². The molecule has 0 saturated carbocycles. The third kappa shape index (κ3) is 3.66. The van der Waals surface area contributed by atoms with Crippen molar-refractivity contribution in [1.29, 1.82) is 0 Å². The van der Waals surface area contributed by atoms with Gasteiger partial charge in [0, 0.05) is 12.1 Å². The number of allylic oxidation sites excluding steroid dienone is 1. The van der Waals surface area contributed by atoms with Crippen molar-refractivity contribution in [3.8, 4) is 5.75 Å². The van der Waals surface area contributed by atoms with Gasteiger partial charge in [-0.3, -0.25) is 10.2 Å². The number of hydrazone groups is 1. The Morgan fingerprint density at radius 3 is 2.86 bits per heavy atom. The van der Waals surface area contributed by atoms with Gasteiger partial charge >= 0.3 is 0 Å². The fourth-order valence-corrected chi connectivity index (χ4v) is 2.16. The van der Waals surface area contributed by atoms with Gasteiger partial charge in [0.05, 0.1) is 17.5 Å². The fourth-order valence-electron chi connectivity index (χ4n) is 1.94. The van der Waals surface area contributed by atoms with Crippen LogP contribution in [-0.2, 0) is 0 Å². The number of benzene rings is 1. The molecule has 2 heterocycles. The summed E-state index contributed by atoms with van der Waals surface area (Å²) in [6, 6.07) is 5.56. The minimum absolute atomic E-state index is 0.0422. The van der Waals surface area contributed by atoms with Crippen LogP contribution in [0.15, 0.2) is 34.9 Å². The monoisotopic (exact) mass is 303 g/mol. The van der Waals surface area contributed by atoms with Gasteiger partial charge in [-0.2, -0.15) is 5.10 Å². The summed E-state index contributed by atoms with van der Waals surface area (Å²) in [5, 5.41) is 6.91. The summed E-state index contributed by atoms with van der Waals surface area (Å²) in [5.74, 6) is 0.738. The standard InChI is InChI=1S/C10H11NO2.C5H6N2S/c1-7(12)8-3-2-4-9-10(8)13-6-5-11-9;1-2-4-3-6-7-5(4)8/h2-4,11H,5-6H2,1H3;2-3H,1H3,(H,7,8)/b;4-2+. The predicted octanol–water partition coefficient (Wildman–Crippen LogP) is 2.54. The number of anilines is 1. The second kappa shape index (κ2) is 6.99. The van der Waals surface area contributed by atoms with E-state index in [4.69, 9.17) is 17.0 Å². The average Bonchev–Trinajstić information content (AvgIpc) is 2.92. The van der Waals surface area contributed by atoms with Gasteiger partial charge < -0.3 is 10.1 Å². The Bertz CT molecular complexity index is 623. The minimum atomic E-state index is 0.0422. The highest BCUT2D eigenvalue weighted by Gasteiger charge is 2.15. The molecule has 2 aliphatic rings. The number of rotatable bonds is 1. The molecule has 6 heteroatoms. The third-order valence-electron chi connectivity index (χ3n) is 3.00. The van der Waals surface area contributed by atoms with Crippen LogP contribution < -0.4 is 15.5 Å². The van der Waals surface area contributed by atoms with Crippen LogP contribution in [0.2, 0.25) is 0 Å². The number of carbonyl (C=O) groups excluding carboxylic acids is 1. The molecule has 1 aromatic carbocycles. The predicted molar refractivity (Wildman–Crippen MR) is 88.4 cm³/mol. The van der Waals surface area contributed by atoms with E-state index in [2.05, 4.69) is 15.8 Å². The molecule has 0 amide bonds. The summed E-state index contributed by atoms with van der Waals surface area (Å²) >= 11 is 4.84. The lowest BCUT2D eigenvalue weighted by molar-refractivity contribution is 0.101. The lowest BCUT2D eigenvalue weighted by Gasteiger charge is -2.20. The van der Waals surface area contributed by atoms with Crippen molar-refractivity contribution in [3.05, 3.63) is 35.4 Å². The number of ether oxygens (including phenoxy) is 1. The summed E-state index contributed by atoms with van der Waals surface area (Å²) < 4.78 is 5.43. The van der Waals surface area contributed by atoms with E-state index in [0.29, 0.717) is 22.9 Å². The second-order valence-electron chi connectivity index (χ2n) is 4.46. The maximum absolute atomic E-state index is 11.2. The zero-order valence-electron chi connectivity index (χ0n) is 12.0. The number of carbonyl (C=O) groups is 1. The van der Waals surface area contributed by atoms with Gasteiger partial charge in [-0.05, 0) is 26.0 Å². The van der Waals surface area contributed by atoms with Crippen LogP contribution >= 0.6 is 12.2 Å². The number of Topliss-reactive ketones (excluding diaryl/α,β-unsaturated/α-hetero) is 1. The largest absolute Gasteiger partial charge is 0.489 e. The second-order valence-corrected chi connectivity index (χ2v) is 4.87. The van der Waals surface area contributed by atoms with E-state index in [9.17, 15) is 4.79 Å². The molecule has 0 aromatic heterocycles. The van der Waals surface area contributed by atoms with Gasteiger partial charge in [0.15, 0.2) is 11.5 Å².